The smallest absolute Gasteiger partial charge is 0.314 e. The minimum absolute atomic E-state index is 0.0417. The number of rotatable bonds is 0. The Bertz CT molecular complexity index is 484. The monoisotopic (exact) mass is 334 g/mol. The van der Waals surface area contributed by atoms with E-state index in [2.05, 4.69) is 29.9 Å². The van der Waals surface area contributed by atoms with Gasteiger partial charge in [-0.1, -0.05) is 0 Å². The van der Waals surface area contributed by atoms with Gasteiger partial charge in [0.25, 0.3) is 0 Å². The number of nitrogens with zero attached hydrogens (tertiary/aromatic N) is 6. The Morgan fingerprint density at radius 2 is 0.636 bits per heavy atom. The lowest BCUT2D eigenvalue weighted by Gasteiger charge is -1.93. The maximum absolute atomic E-state index is 8.74. The summed E-state index contributed by atoms with van der Waals surface area (Å²) in [6.07, 6.45) is 0. The topological polar surface area (TPSA) is 291 Å². The van der Waals surface area contributed by atoms with Crippen LogP contribution in [0.4, 0.5) is 35.7 Å². The Hall–Kier alpha value is -3.03. The quantitative estimate of drug-likeness (QED) is 0.217. The van der Waals surface area contributed by atoms with Crippen LogP contribution in [0.2, 0.25) is 0 Å². The van der Waals surface area contributed by atoms with Gasteiger partial charge in [0.05, 0.1) is 0 Å². The van der Waals surface area contributed by atoms with E-state index in [9.17, 15) is 0 Å². The summed E-state index contributed by atoms with van der Waals surface area (Å²) < 4.78 is 8.74. The third-order valence-corrected chi connectivity index (χ3v) is 1.37. The van der Waals surface area contributed by atoms with Crippen LogP contribution in [-0.2, 0) is 4.57 Å². The Morgan fingerprint density at radius 1 is 0.545 bits per heavy atom. The van der Waals surface area contributed by atoms with E-state index in [-0.39, 0.29) is 35.7 Å². The van der Waals surface area contributed by atoms with Crippen molar-refractivity contribution in [1.82, 2.24) is 29.9 Å². The summed E-state index contributed by atoms with van der Waals surface area (Å²) in [6, 6.07) is 0. The fourth-order valence-corrected chi connectivity index (χ4v) is 0.854. The number of anilines is 6. The molecule has 16 heteroatoms. The highest BCUT2D eigenvalue weighted by Crippen LogP contribution is 1.99. The highest BCUT2D eigenvalue weighted by atomic mass is 31.1. The zero-order chi connectivity index (χ0) is 17.3. The molecule has 0 saturated heterocycles. The molecule has 0 unspecified atom stereocenters. The molecule has 0 spiro atoms. The second-order valence-corrected chi connectivity index (χ2v) is 3.67. The fraction of sp³-hybridized carbons (Fsp3) is 0. The fourth-order valence-electron chi connectivity index (χ4n) is 0.854. The second-order valence-electron chi connectivity index (χ2n) is 3.10. The zero-order valence-electron chi connectivity index (χ0n) is 11.0. The van der Waals surface area contributed by atoms with E-state index in [0.717, 1.165) is 0 Å². The van der Waals surface area contributed by atoms with Crippen molar-refractivity contribution in [3.63, 3.8) is 0 Å². The molecule has 0 saturated carbocycles. The zero-order valence-corrected chi connectivity index (χ0v) is 12.0. The molecular weight excluding hydrogens is 319 g/mol. The molecule has 14 N–H and O–H groups in total. The molecule has 2 aromatic rings. The van der Waals surface area contributed by atoms with E-state index in [4.69, 9.17) is 48.8 Å². The van der Waals surface area contributed by atoms with Crippen molar-refractivity contribution in [2.75, 3.05) is 34.4 Å². The number of aromatic nitrogens is 6. The number of hydrogen-bond acceptors (Lipinski definition) is 13. The predicted octanol–water partition coefficient (Wildman–Crippen LogP) is -3.40. The summed E-state index contributed by atoms with van der Waals surface area (Å²) in [6.45, 7) is 0. The summed E-state index contributed by atoms with van der Waals surface area (Å²) in [5, 5.41) is 0. The van der Waals surface area contributed by atoms with Crippen LogP contribution in [0.1, 0.15) is 0 Å². The van der Waals surface area contributed by atoms with Gasteiger partial charge < -0.3 is 44.2 Å². The maximum Gasteiger partial charge on any atom is 0.314 e. The molecule has 0 aromatic carbocycles. The van der Waals surface area contributed by atoms with Crippen molar-refractivity contribution < 1.29 is 14.4 Å². The minimum Gasteiger partial charge on any atom is -0.368 e. The van der Waals surface area contributed by atoms with E-state index < -0.39 is 8.25 Å². The lowest BCUT2D eigenvalue weighted by atomic mass is 10.9. The predicted molar refractivity (Wildman–Crippen MR) is 79.6 cm³/mol. The van der Waals surface area contributed by atoms with Gasteiger partial charge in [0.2, 0.25) is 35.7 Å². The molecule has 15 nitrogen and oxygen atoms in total. The molecule has 22 heavy (non-hydrogen) atoms. The van der Waals surface area contributed by atoms with Crippen LogP contribution < -0.4 is 34.4 Å². The summed E-state index contributed by atoms with van der Waals surface area (Å²) in [4.78, 5) is 35.2. The summed E-state index contributed by atoms with van der Waals surface area (Å²) in [5.41, 5.74) is 30.8. The summed E-state index contributed by atoms with van der Waals surface area (Å²) in [5.74, 6) is 0.250. The van der Waals surface area contributed by atoms with Crippen LogP contribution in [-0.4, -0.2) is 39.7 Å². The highest BCUT2D eigenvalue weighted by molar-refractivity contribution is 7.30. The molecule has 0 aliphatic rings. The van der Waals surface area contributed by atoms with Crippen LogP contribution in [0.3, 0.4) is 0 Å². The Morgan fingerprint density at radius 3 is 0.727 bits per heavy atom. The van der Waals surface area contributed by atoms with Crippen LogP contribution in [0.5, 0.6) is 0 Å². The van der Waals surface area contributed by atoms with Crippen molar-refractivity contribution in [2.45, 2.75) is 0 Å². The van der Waals surface area contributed by atoms with E-state index in [1.807, 2.05) is 0 Å². The van der Waals surface area contributed by atoms with Gasteiger partial charge in [-0.15, -0.1) is 0 Å². The first-order valence-electron chi connectivity index (χ1n) is 5.07. The van der Waals surface area contributed by atoms with Gasteiger partial charge in [-0.2, -0.15) is 29.9 Å². The lowest BCUT2D eigenvalue weighted by Crippen LogP contribution is -2.05. The molecule has 2 heterocycles. The van der Waals surface area contributed by atoms with Crippen LogP contribution >= 0.6 is 8.25 Å². The molecule has 2 rings (SSSR count). The highest BCUT2D eigenvalue weighted by Gasteiger charge is 1.94. The van der Waals surface area contributed by atoms with Crippen LogP contribution in [0.25, 0.3) is 0 Å². The molecule has 0 amide bonds. The van der Waals surface area contributed by atoms with Gasteiger partial charge in [0.15, 0.2) is 0 Å². The standard InChI is InChI=1S/2C3H6N6.H3O3P/c2*4-1-7-2(5)9-3(6)8-1;1-4(2)3/h2*(H6,4,5,6,7,8,9);4H,(H2,1,2,3). The molecule has 122 valence electrons. The third-order valence-electron chi connectivity index (χ3n) is 1.37. The first-order valence-corrected chi connectivity index (χ1v) is 6.37. The van der Waals surface area contributed by atoms with E-state index in [1.54, 1.807) is 0 Å². The Kier molecular flexibility index (Phi) is 7.77. The molecule has 0 aliphatic heterocycles. The Balaban J connectivity index is 0.000000326. The van der Waals surface area contributed by atoms with Crippen molar-refractivity contribution >= 4 is 43.9 Å². The lowest BCUT2D eigenvalue weighted by molar-refractivity contribution is 0.405. The number of nitrogen functional groups attached to an aromatic ring is 6. The van der Waals surface area contributed by atoms with Crippen molar-refractivity contribution in [2.24, 2.45) is 0 Å². The van der Waals surface area contributed by atoms with E-state index in [1.165, 1.54) is 0 Å². The maximum atomic E-state index is 8.74. The first-order chi connectivity index (χ1) is 10.1. The summed E-state index contributed by atoms with van der Waals surface area (Å²) in [7, 11) is -3.13. The molecular formula is C6H15N12O3P. The van der Waals surface area contributed by atoms with Gasteiger partial charge >= 0.3 is 8.25 Å². The van der Waals surface area contributed by atoms with Crippen LogP contribution in [0.15, 0.2) is 0 Å². The van der Waals surface area contributed by atoms with Gasteiger partial charge in [0.1, 0.15) is 0 Å². The second kappa shape index (κ2) is 9.01. The van der Waals surface area contributed by atoms with Crippen LogP contribution in [0, 0.1) is 0 Å². The third kappa shape index (κ3) is 9.84. The summed E-state index contributed by atoms with van der Waals surface area (Å²) >= 11 is 0. The van der Waals surface area contributed by atoms with Gasteiger partial charge in [0, 0.05) is 0 Å². The van der Waals surface area contributed by atoms with Gasteiger partial charge in [-0.3, -0.25) is 4.57 Å². The van der Waals surface area contributed by atoms with Crippen molar-refractivity contribution in [3.05, 3.63) is 0 Å². The van der Waals surface area contributed by atoms with Crippen molar-refractivity contribution in [1.29, 1.82) is 0 Å². The van der Waals surface area contributed by atoms with Gasteiger partial charge in [-0.25, -0.2) is 0 Å². The van der Waals surface area contributed by atoms with Gasteiger partial charge in [-0.05, 0) is 0 Å². The average molecular weight is 334 g/mol. The van der Waals surface area contributed by atoms with Crippen molar-refractivity contribution in [3.8, 4) is 0 Å². The number of hydrogen-bond donors (Lipinski definition) is 8. The molecule has 0 radical (unpaired) electrons. The largest absolute Gasteiger partial charge is 0.368 e. The normalized spacial score (nSPS) is 9.23. The Labute approximate surface area is 123 Å². The SMILES string of the molecule is Nc1nc(N)nc(N)n1.Nc1nc(N)nc(N)n1.O=[PH](O)O. The minimum atomic E-state index is -3.13. The van der Waals surface area contributed by atoms with E-state index in [0.29, 0.717) is 0 Å². The molecule has 2 aromatic heterocycles. The number of nitrogens with two attached hydrogens (primary N) is 6. The molecule has 0 aliphatic carbocycles. The van der Waals surface area contributed by atoms with E-state index >= 15 is 0 Å². The first kappa shape index (κ1) is 19.0. The average Bonchev–Trinajstić information content (AvgIpc) is 2.23. The molecule has 0 atom stereocenters. The molecule has 0 bridgehead atoms. The molecule has 0 fully saturated rings.